The summed E-state index contributed by atoms with van der Waals surface area (Å²) in [7, 11) is 0. The second kappa shape index (κ2) is 6.19. The fourth-order valence-corrected chi connectivity index (χ4v) is 3.25. The van der Waals surface area contributed by atoms with Crippen LogP contribution in [0, 0.1) is 0 Å². The zero-order chi connectivity index (χ0) is 14.7. The summed E-state index contributed by atoms with van der Waals surface area (Å²) in [5.74, 6) is -0.0929. The maximum Gasteiger partial charge on any atom is 0.251 e. The van der Waals surface area contributed by atoms with Gasteiger partial charge in [0.05, 0.1) is 16.0 Å². The van der Waals surface area contributed by atoms with Crippen LogP contribution in [0.2, 0.25) is 0 Å². The predicted octanol–water partition coefficient (Wildman–Crippen LogP) is 3.02. The first-order chi connectivity index (χ1) is 10.2. The molecule has 1 amide bonds. The van der Waals surface area contributed by atoms with Crippen LogP contribution in [-0.2, 0) is 6.54 Å². The molecule has 1 aromatic carbocycles. The van der Waals surface area contributed by atoms with Crippen LogP contribution in [0.15, 0.2) is 52.8 Å². The molecule has 21 heavy (non-hydrogen) atoms. The Morgan fingerprint density at radius 1 is 1.24 bits per heavy atom. The topological polar surface area (TPSA) is 59.8 Å². The Bertz CT molecular complexity index is 737. The van der Waals surface area contributed by atoms with Crippen LogP contribution in [-0.4, -0.2) is 20.7 Å². The van der Waals surface area contributed by atoms with Crippen LogP contribution in [0.3, 0.4) is 0 Å². The summed E-state index contributed by atoms with van der Waals surface area (Å²) in [6, 6.07) is 11.2. The van der Waals surface area contributed by atoms with Crippen molar-refractivity contribution >= 4 is 33.2 Å². The first-order valence-electron chi connectivity index (χ1n) is 6.20. The molecule has 7 heteroatoms. The lowest BCUT2D eigenvalue weighted by atomic mass is 10.2. The molecular weight excluding hydrogens is 352 g/mol. The molecule has 3 rings (SSSR count). The van der Waals surface area contributed by atoms with Crippen LogP contribution >= 0.6 is 27.3 Å². The van der Waals surface area contributed by atoms with Gasteiger partial charge in [0.1, 0.15) is 12.7 Å². The van der Waals surface area contributed by atoms with E-state index in [0.29, 0.717) is 12.1 Å². The molecule has 1 N–H and O–H groups in total. The number of hydrogen-bond donors (Lipinski definition) is 1. The van der Waals surface area contributed by atoms with Crippen molar-refractivity contribution in [3.63, 3.8) is 0 Å². The van der Waals surface area contributed by atoms with E-state index in [2.05, 4.69) is 31.3 Å². The van der Waals surface area contributed by atoms with E-state index in [4.69, 9.17) is 0 Å². The van der Waals surface area contributed by atoms with Gasteiger partial charge in [-0.1, -0.05) is 0 Å². The fraction of sp³-hybridized carbons (Fsp3) is 0.0714. The highest BCUT2D eigenvalue weighted by molar-refractivity contribution is 9.11. The van der Waals surface area contributed by atoms with Crippen LogP contribution in [0.5, 0.6) is 0 Å². The number of amides is 1. The number of carbonyl (C=O) groups excluding carboxylic acids is 1. The molecule has 106 valence electrons. The Labute approximate surface area is 133 Å². The molecule has 0 unspecified atom stereocenters. The van der Waals surface area contributed by atoms with E-state index in [9.17, 15) is 4.79 Å². The van der Waals surface area contributed by atoms with Crippen molar-refractivity contribution < 1.29 is 4.79 Å². The molecule has 5 nitrogen and oxygen atoms in total. The molecule has 0 atom stereocenters. The highest BCUT2D eigenvalue weighted by Crippen LogP contribution is 2.21. The molecule has 2 heterocycles. The summed E-state index contributed by atoms with van der Waals surface area (Å²) in [6.07, 6.45) is 3.09. The molecular formula is C14H11BrN4OS. The van der Waals surface area contributed by atoms with Crippen molar-refractivity contribution in [3.8, 4) is 5.69 Å². The van der Waals surface area contributed by atoms with Crippen LogP contribution in [0.4, 0.5) is 0 Å². The molecule has 0 spiro atoms. The fourth-order valence-electron chi connectivity index (χ4n) is 1.82. The van der Waals surface area contributed by atoms with E-state index < -0.39 is 0 Å². The molecule has 0 aliphatic rings. The van der Waals surface area contributed by atoms with E-state index in [1.165, 1.54) is 6.33 Å². The number of nitrogens with one attached hydrogen (secondary N) is 1. The van der Waals surface area contributed by atoms with Gasteiger partial charge in [-0.05, 0) is 52.3 Å². The summed E-state index contributed by atoms with van der Waals surface area (Å²) < 4.78 is 2.70. The van der Waals surface area contributed by atoms with Gasteiger partial charge in [-0.15, -0.1) is 11.3 Å². The van der Waals surface area contributed by atoms with Crippen LogP contribution < -0.4 is 5.32 Å². The maximum absolute atomic E-state index is 12.1. The Kier molecular flexibility index (Phi) is 4.12. The molecule has 3 aromatic rings. The summed E-state index contributed by atoms with van der Waals surface area (Å²) >= 11 is 5.01. The number of rotatable bonds is 4. The van der Waals surface area contributed by atoms with E-state index >= 15 is 0 Å². The Balaban J connectivity index is 1.65. The van der Waals surface area contributed by atoms with Crippen molar-refractivity contribution in [3.05, 3.63) is 63.3 Å². The van der Waals surface area contributed by atoms with Gasteiger partial charge in [-0.3, -0.25) is 4.79 Å². The van der Waals surface area contributed by atoms with Gasteiger partial charge >= 0.3 is 0 Å². The Morgan fingerprint density at radius 3 is 2.67 bits per heavy atom. The van der Waals surface area contributed by atoms with Crippen molar-refractivity contribution in [2.45, 2.75) is 6.54 Å². The van der Waals surface area contributed by atoms with Crippen LogP contribution in [0.25, 0.3) is 5.69 Å². The monoisotopic (exact) mass is 362 g/mol. The van der Waals surface area contributed by atoms with Gasteiger partial charge < -0.3 is 5.32 Å². The number of halogens is 1. The van der Waals surface area contributed by atoms with Crippen molar-refractivity contribution in [1.82, 2.24) is 20.1 Å². The average Bonchev–Trinajstić information content (AvgIpc) is 3.16. The molecule has 0 radical (unpaired) electrons. The first kappa shape index (κ1) is 14.0. The zero-order valence-corrected chi connectivity index (χ0v) is 13.3. The van der Waals surface area contributed by atoms with E-state index in [0.717, 1.165) is 14.4 Å². The number of nitrogens with zero attached hydrogens (tertiary/aromatic N) is 3. The van der Waals surface area contributed by atoms with Gasteiger partial charge in [-0.25, -0.2) is 9.67 Å². The maximum atomic E-state index is 12.1. The van der Waals surface area contributed by atoms with Crippen molar-refractivity contribution in [2.75, 3.05) is 0 Å². The standard InChI is InChI=1S/C14H11BrN4OS/c15-13-6-5-12(21-13)7-17-14(20)10-1-3-11(4-2-10)19-9-16-8-18-19/h1-6,8-9H,7H2,(H,17,20). The normalized spacial score (nSPS) is 10.5. The quantitative estimate of drug-likeness (QED) is 0.775. The molecule has 0 saturated heterocycles. The number of thiophene rings is 1. The van der Waals surface area contributed by atoms with Crippen LogP contribution in [0.1, 0.15) is 15.2 Å². The lowest BCUT2D eigenvalue weighted by Crippen LogP contribution is -2.22. The number of aromatic nitrogens is 3. The lowest BCUT2D eigenvalue weighted by molar-refractivity contribution is 0.0951. The van der Waals surface area contributed by atoms with Gasteiger partial charge in [0, 0.05) is 10.4 Å². The van der Waals surface area contributed by atoms with Gasteiger partial charge in [0.15, 0.2) is 0 Å². The molecule has 0 aliphatic heterocycles. The van der Waals surface area contributed by atoms with Gasteiger partial charge in [0.2, 0.25) is 0 Å². The third-order valence-corrected chi connectivity index (χ3v) is 4.49. The Morgan fingerprint density at radius 2 is 2.05 bits per heavy atom. The van der Waals surface area contributed by atoms with Crippen molar-refractivity contribution in [2.24, 2.45) is 0 Å². The van der Waals surface area contributed by atoms with Gasteiger partial charge in [-0.2, -0.15) is 5.10 Å². The first-order valence-corrected chi connectivity index (χ1v) is 7.81. The summed E-state index contributed by atoms with van der Waals surface area (Å²) in [5.41, 5.74) is 1.49. The minimum absolute atomic E-state index is 0.0929. The third kappa shape index (κ3) is 3.37. The molecule has 0 aliphatic carbocycles. The second-order valence-electron chi connectivity index (χ2n) is 4.28. The largest absolute Gasteiger partial charge is 0.347 e. The number of hydrogen-bond acceptors (Lipinski definition) is 4. The lowest BCUT2D eigenvalue weighted by Gasteiger charge is -2.05. The molecule has 2 aromatic heterocycles. The zero-order valence-electron chi connectivity index (χ0n) is 10.9. The molecule has 0 saturated carbocycles. The SMILES string of the molecule is O=C(NCc1ccc(Br)s1)c1ccc(-n2cncn2)cc1. The number of carbonyl (C=O) groups is 1. The smallest absolute Gasteiger partial charge is 0.251 e. The predicted molar refractivity (Wildman–Crippen MR) is 84.5 cm³/mol. The van der Waals surface area contributed by atoms with Gasteiger partial charge in [0.25, 0.3) is 5.91 Å². The van der Waals surface area contributed by atoms with E-state index in [1.54, 1.807) is 34.5 Å². The minimum Gasteiger partial charge on any atom is -0.347 e. The van der Waals surface area contributed by atoms with E-state index in [-0.39, 0.29) is 5.91 Å². The van der Waals surface area contributed by atoms with E-state index in [1.807, 2.05) is 24.3 Å². The molecule has 0 fully saturated rings. The third-order valence-electron chi connectivity index (χ3n) is 2.86. The average molecular weight is 363 g/mol. The summed E-state index contributed by atoms with van der Waals surface area (Å²) in [6.45, 7) is 0.528. The number of benzene rings is 1. The molecule has 0 bridgehead atoms. The Hall–Kier alpha value is -1.99. The highest BCUT2D eigenvalue weighted by Gasteiger charge is 2.06. The van der Waals surface area contributed by atoms with Crippen molar-refractivity contribution in [1.29, 1.82) is 0 Å². The minimum atomic E-state index is -0.0929. The second-order valence-corrected chi connectivity index (χ2v) is 6.82. The summed E-state index contributed by atoms with van der Waals surface area (Å²) in [4.78, 5) is 17.1. The summed E-state index contributed by atoms with van der Waals surface area (Å²) in [5, 5.41) is 6.94. The highest BCUT2D eigenvalue weighted by atomic mass is 79.9.